The van der Waals surface area contributed by atoms with Gasteiger partial charge in [-0.1, -0.05) is 25.1 Å². The van der Waals surface area contributed by atoms with Crippen LogP contribution in [0.3, 0.4) is 0 Å². The minimum absolute atomic E-state index is 0.00769. The van der Waals surface area contributed by atoms with Gasteiger partial charge in [-0.3, -0.25) is 4.98 Å². The van der Waals surface area contributed by atoms with Crippen molar-refractivity contribution in [1.82, 2.24) is 15.3 Å². The zero-order valence-corrected chi connectivity index (χ0v) is 13.8. The SMILES string of the molecule is CCCNC(c1ccccc1I)c1nccnc1OC. The first-order chi connectivity index (χ1) is 9.77. The summed E-state index contributed by atoms with van der Waals surface area (Å²) < 4.78 is 6.55. The summed E-state index contributed by atoms with van der Waals surface area (Å²) in [6.07, 6.45) is 4.41. The first kappa shape index (κ1) is 15.2. The van der Waals surface area contributed by atoms with E-state index in [4.69, 9.17) is 4.74 Å². The third-order valence-corrected chi connectivity index (χ3v) is 3.96. The van der Waals surface area contributed by atoms with Crippen molar-refractivity contribution in [2.45, 2.75) is 19.4 Å². The molecule has 20 heavy (non-hydrogen) atoms. The van der Waals surface area contributed by atoms with Crippen LogP contribution in [-0.4, -0.2) is 23.6 Å². The third-order valence-electron chi connectivity index (χ3n) is 2.97. The number of hydrogen-bond acceptors (Lipinski definition) is 4. The number of halogens is 1. The number of benzene rings is 1. The summed E-state index contributed by atoms with van der Waals surface area (Å²) in [6, 6.07) is 8.28. The van der Waals surface area contributed by atoms with Gasteiger partial charge in [0, 0.05) is 16.0 Å². The molecule has 2 rings (SSSR count). The van der Waals surface area contributed by atoms with E-state index in [2.05, 4.69) is 56.9 Å². The van der Waals surface area contributed by atoms with E-state index < -0.39 is 0 Å². The largest absolute Gasteiger partial charge is 0.480 e. The summed E-state index contributed by atoms with van der Waals surface area (Å²) in [6.45, 7) is 3.06. The van der Waals surface area contributed by atoms with Gasteiger partial charge in [0.15, 0.2) is 0 Å². The Morgan fingerprint density at radius 2 is 2.00 bits per heavy atom. The van der Waals surface area contributed by atoms with Gasteiger partial charge in [0.25, 0.3) is 0 Å². The summed E-state index contributed by atoms with van der Waals surface area (Å²) in [5.41, 5.74) is 2.02. The predicted octanol–water partition coefficient (Wildman–Crippen LogP) is 3.18. The van der Waals surface area contributed by atoms with Crippen LogP contribution in [-0.2, 0) is 0 Å². The van der Waals surface area contributed by atoms with Gasteiger partial charge in [-0.05, 0) is 47.2 Å². The lowest BCUT2D eigenvalue weighted by molar-refractivity contribution is 0.382. The molecule has 0 radical (unpaired) electrons. The molecule has 1 unspecified atom stereocenters. The van der Waals surface area contributed by atoms with E-state index >= 15 is 0 Å². The van der Waals surface area contributed by atoms with Crippen molar-refractivity contribution >= 4 is 22.6 Å². The third kappa shape index (κ3) is 3.46. The molecule has 1 N–H and O–H groups in total. The number of ether oxygens (including phenoxy) is 1. The number of aromatic nitrogens is 2. The molecule has 2 aromatic rings. The zero-order chi connectivity index (χ0) is 14.4. The van der Waals surface area contributed by atoms with Crippen LogP contribution in [0.4, 0.5) is 0 Å². The summed E-state index contributed by atoms with van der Waals surface area (Å²) in [5.74, 6) is 0.570. The highest BCUT2D eigenvalue weighted by atomic mass is 127. The molecule has 5 heteroatoms. The van der Waals surface area contributed by atoms with Crippen LogP contribution in [0, 0.1) is 3.57 Å². The molecule has 1 aromatic carbocycles. The highest BCUT2D eigenvalue weighted by molar-refractivity contribution is 14.1. The van der Waals surface area contributed by atoms with Crippen LogP contribution < -0.4 is 10.1 Å². The second kappa shape index (κ2) is 7.54. The Kier molecular flexibility index (Phi) is 5.72. The fourth-order valence-corrected chi connectivity index (χ4v) is 2.74. The van der Waals surface area contributed by atoms with E-state index in [1.807, 2.05) is 12.1 Å². The molecule has 0 aliphatic rings. The lowest BCUT2D eigenvalue weighted by Gasteiger charge is -2.21. The Morgan fingerprint density at radius 1 is 1.25 bits per heavy atom. The fraction of sp³-hybridized carbons (Fsp3) is 0.333. The van der Waals surface area contributed by atoms with E-state index in [-0.39, 0.29) is 6.04 Å². The van der Waals surface area contributed by atoms with Crippen molar-refractivity contribution in [1.29, 1.82) is 0 Å². The van der Waals surface area contributed by atoms with E-state index in [0.717, 1.165) is 18.7 Å². The average molecular weight is 383 g/mol. The van der Waals surface area contributed by atoms with Crippen LogP contribution in [0.25, 0.3) is 0 Å². The second-order valence-electron chi connectivity index (χ2n) is 4.36. The molecule has 0 spiro atoms. The van der Waals surface area contributed by atoms with Crippen LogP contribution in [0.1, 0.15) is 30.6 Å². The zero-order valence-electron chi connectivity index (χ0n) is 11.6. The van der Waals surface area contributed by atoms with Gasteiger partial charge < -0.3 is 10.1 Å². The van der Waals surface area contributed by atoms with Crippen LogP contribution in [0.15, 0.2) is 36.7 Å². The van der Waals surface area contributed by atoms with Crippen LogP contribution >= 0.6 is 22.6 Å². The second-order valence-corrected chi connectivity index (χ2v) is 5.52. The van der Waals surface area contributed by atoms with E-state index in [1.165, 1.54) is 9.13 Å². The molecule has 1 heterocycles. The maximum atomic E-state index is 5.35. The summed E-state index contributed by atoms with van der Waals surface area (Å²) in [5, 5.41) is 3.53. The van der Waals surface area contributed by atoms with Crippen molar-refractivity contribution in [2.75, 3.05) is 13.7 Å². The standard InChI is InChI=1S/C15H18IN3O/c1-3-8-17-13(11-6-4-5-7-12(11)16)14-15(20-2)19-10-9-18-14/h4-7,9-10,13,17H,3,8H2,1-2H3. The normalized spacial score (nSPS) is 12.2. The quantitative estimate of drug-likeness (QED) is 0.779. The molecule has 0 saturated carbocycles. The molecule has 0 amide bonds. The summed E-state index contributed by atoms with van der Waals surface area (Å²) >= 11 is 2.35. The Hall–Kier alpha value is -1.21. The maximum absolute atomic E-state index is 5.35. The minimum atomic E-state index is -0.00769. The van der Waals surface area contributed by atoms with Gasteiger partial charge >= 0.3 is 0 Å². The lowest BCUT2D eigenvalue weighted by Crippen LogP contribution is -2.25. The number of nitrogens with zero attached hydrogens (tertiary/aromatic N) is 2. The Bertz CT molecular complexity index is 562. The van der Waals surface area contributed by atoms with E-state index in [1.54, 1.807) is 19.5 Å². The van der Waals surface area contributed by atoms with Crippen molar-refractivity contribution in [3.8, 4) is 5.88 Å². The summed E-state index contributed by atoms with van der Waals surface area (Å²) in [7, 11) is 1.63. The lowest BCUT2D eigenvalue weighted by atomic mass is 10.0. The van der Waals surface area contributed by atoms with Gasteiger partial charge in [0.05, 0.1) is 13.2 Å². The molecule has 0 saturated heterocycles. The van der Waals surface area contributed by atoms with E-state index in [0.29, 0.717) is 5.88 Å². The first-order valence-electron chi connectivity index (χ1n) is 6.60. The number of hydrogen-bond donors (Lipinski definition) is 1. The van der Waals surface area contributed by atoms with Crippen LogP contribution in [0.2, 0.25) is 0 Å². The fourth-order valence-electron chi connectivity index (χ4n) is 2.04. The monoisotopic (exact) mass is 383 g/mol. The number of methoxy groups -OCH3 is 1. The highest BCUT2D eigenvalue weighted by Crippen LogP contribution is 2.29. The Morgan fingerprint density at radius 3 is 2.70 bits per heavy atom. The molecular weight excluding hydrogens is 365 g/mol. The molecule has 106 valence electrons. The predicted molar refractivity (Wildman–Crippen MR) is 87.9 cm³/mol. The minimum Gasteiger partial charge on any atom is -0.480 e. The molecular formula is C15H18IN3O. The Labute approximate surface area is 133 Å². The van der Waals surface area contributed by atoms with Gasteiger partial charge in [-0.25, -0.2) is 4.98 Å². The number of nitrogens with one attached hydrogen (secondary N) is 1. The average Bonchev–Trinajstić information content (AvgIpc) is 2.49. The van der Waals surface area contributed by atoms with Crippen molar-refractivity contribution in [3.63, 3.8) is 0 Å². The van der Waals surface area contributed by atoms with Gasteiger partial charge in [-0.15, -0.1) is 0 Å². The smallest absolute Gasteiger partial charge is 0.237 e. The van der Waals surface area contributed by atoms with Crippen molar-refractivity contribution in [3.05, 3.63) is 51.5 Å². The molecule has 0 aliphatic carbocycles. The molecule has 0 bridgehead atoms. The van der Waals surface area contributed by atoms with Gasteiger partial charge in [0.2, 0.25) is 5.88 Å². The summed E-state index contributed by atoms with van der Waals surface area (Å²) in [4.78, 5) is 8.72. The first-order valence-corrected chi connectivity index (χ1v) is 7.68. The van der Waals surface area contributed by atoms with Crippen molar-refractivity contribution < 1.29 is 4.74 Å². The van der Waals surface area contributed by atoms with Gasteiger partial charge in [0.1, 0.15) is 5.69 Å². The van der Waals surface area contributed by atoms with E-state index in [9.17, 15) is 0 Å². The number of rotatable bonds is 6. The maximum Gasteiger partial charge on any atom is 0.237 e. The van der Waals surface area contributed by atoms with Crippen molar-refractivity contribution in [2.24, 2.45) is 0 Å². The molecule has 0 fully saturated rings. The molecule has 1 aromatic heterocycles. The molecule has 4 nitrogen and oxygen atoms in total. The van der Waals surface area contributed by atoms with Crippen LogP contribution in [0.5, 0.6) is 5.88 Å². The molecule has 1 atom stereocenters. The highest BCUT2D eigenvalue weighted by Gasteiger charge is 2.21. The Balaban J connectivity index is 2.44. The topological polar surface area (TPSA) is 47.0 Å². The molecule has 0 aliphatic heterocycles. The van der Waals surface area contributed by atoms with Gasteiger partial charge in [-0.2, -0.15) is 0 Å².